The van der Waals surface area contributed by atoms with Crippen LogP contribution in [0.4, 0.5) is 23.2 Å². The molecule has 0 spiro atoms. The molecule has 1 saturated heterocycles. The van der Waals surface area contributed by atoms with Gasteiger partial charge in [0, 0.05) is 44.0 Å². The van der Waals surface area contributed by atoms with Gasteiger partial charge in [-0.15, -0.1) is 0 Å². The topological polar surface area (TPSA) is 35.6 Å². The van der Waals surface area contributed by atoms with E-state index in [9.17, 15) is 22.4 Å². The molecule has 0 radical (unpaired) electrons. The largest absolute Gasteiger partial charge is 0.416 e. The van der Waals surface area contributed by atoms with Crippen LogP contribution < -0.4 is 10.2 Å². The van der Waals surface area contributed by atoms with Crippen LogP contribution >= 0.6 is 0 Å². The van der Waals surface area contributed by atoms with Crippen molar-refractivity contribution in [2.75, 3.05) is 44.2 Å². The van der Waals surface area contributed by atoms with Gasteiger partial charge in [-0.1, -0.05) is 0 Å². The third kappa shape index (κ3) is 5.93. The van der Waals surface area contributed by atoms with Crippen LogP contribution in [-0.4, -0.2) is 50.1 Å². The fourth-order valence-corrected chi connectivity index (χ4v) is 3.30. The molecule has 2 aromatic rings. The number of anilines is 1. The SMILES string of the molecule is O=C(NCCCN1CCN(c2ccc(F)cc2)CC1)c1ccc(C(F)(F)F)cc1. The molecule has 0 atom stereocenters. The first-order chi connectivity index (χ1) is 13.8. The zero-order chi connectivity index (χ0) is 20.9. The Labute approximate surface area is 167 Å². The van der Waals surface area contributed by atoms with Gasteiger partial charge in [0.05, 0.1) is 5.56 Å². The Morgan fingerprint density at radius 1 is 0.931 bits per heavy atom. The number of piperazine rings is 1. The summed E-state index contributed by atoms with van der Waals surface area (Å²) in [6, 6.07) is 10.7. The van der Waals surface area contributed by atoms with Gasteiger partial charge < -0.3 is 10.2 Å². The number of nitrogens with one attached hydrogen (secondary N) is 1. The zero-order valence-corrected chi connectivity index (χ0v) is 15.9. The van der Waals surface area contributed by atoms with Crippen LogP contribution in [0.15, 0.2) is 48.5 Å². The predicted molar refractivity (Wildman–Crippen MR) is 103 cm³/mol. The average molecular weight is 409 g/mol. The molecule has 8 heteroatoms. The molecule has 1 heterocycles. The van der Waals surface area contributed by atoms with Crippen LogP contribution in [0.5, 0.6) is 0 Å². The summed E-state index contributed by atoms with van der Waals surface area (Å²) in [4.78, 5) is 16.5. The van der Waals surface area contributed by atoms with E-state index in [4.69, 9.17) is 0 Å². The van der Waals surface area contributed by atoms with Gasteiger partial charge in [0.25, 0.3) is 5.91 Å². The van der Waals surface area contributed by atoms with Crippen molar-refractivity contribution in [1.29, 1.82) is 0 Å². The lowest BCUT2D eigenvalue weighted by molar-refractivity contribution is -0.137. The first-order valence-corrected chi connectivity index (χ1v) is 9.51. The lowest BCUT2D eigenvalue weighted by Crippen LogP contribution is -2.47. The third-order valence-corrected chi connectivity index (χ3v) is 4.98. The van der Waals surface area contributed by atoms with Crippen molar-refractivity contribution in [2.24, 2.45) is 0 Å². The highest BCUT2D eigenvalue weighted by molar-refractivity contribution is 5.94. The lowest BCUT2D eigenvalue weighted by atomic mass is 10.1. The standard InChI is InChI=1S/C21H23F4N3O/c22-18-6-8-19(9-7-18)28-14-12-27(13-15-28)11-1-10-26-20(29)16-2-4-17(5-3-16)21(23,24)25/h2-9H,1,10-15H2,(H,26,29). The second-order valence-electron chi connectivity index (χ2n) is 6.99. The molecule has 1 aliphatic rings. The van der Waals surface area contributed by atoms with E-state index in [1.165, 1.54) is 24.3 Å². The van der Waals surface area contributed by atoms with Crippen molar-refractivity contribution in [3.05, 3.63) is 65.5 Å². The summed E-state index contributed by atoms with van der Waals surface area (Å²) < 4.78 is 50.7. The van der Waals surface area contributed by atoms with Gasteiger partial charge in [0.2, 0.25) is 0 Å². The van der Waals surface area contributed by atoms with E-state index in [1.54, 1.807) is 12.1 Å². The number of nitrogens with zero attached hydrogens (tertiary/aromatic N) is 2. The number of carbonyl (C=O) groups excluding carboxylic acids is 1. The van der Waals surface area contributed by atoms with E-state index >= 15 is 0 Å². The number of hydrogen-bond donors (Lipinski definition) is 1. The van der Waals surface area contributed by atoms with Crippen molar-refractivity contribution in [1.82, 2.24) is 10.2 Å². The molecule has 1 N–H and O–H groups in total. The first-order valence-electron chi connectivity index (χ1n) is 9.51. The summed E-state index contributed by atoms with van der Waals surface area (Å²) in [5.74, 6) is -0.620. The fraction of sp³-hybridized carbons (Fsp3) is 0.381. The second kappa shape index (κ2) is 9.26. The number of halogens is 4. The molecule has 156 valence electrons. The molecule has 1 amide bonds. The van der Waals surface area contributed by atoms with E-state index in [1.807, 2.05) is 0 Å². The molecule has 0 bridgehead atoms. The van der Waals surface area contributed by atoms with Crippen molar-refractivity contribution in [2.45, 2.75) is 12.6 Å². The zero-order valence-electron chi connectivity index (χ0n) is 15.9. The minimum absolute atomic E-state index is 0.214. The Balaban J connectivity index is 1.35. The summed E-state index contributed by atoms with van der Waals surface area (Å²) >= 11 is 0. The van der Waals surface area contributed by atoms with Crippen LogP contribution in [0, 0.1) is 5.82 Å². The van der Waals surface area contributed by atoms with Gasteiger partial charge in [-0.3, -0.25) is 9.69 Å². The van der Waals surface area contributed by atoms with Gasteiger partial charge in [-0.05, 0) is 61.5 Å². The summed E-state index contributed by atoms with van der Waals surface area (Å²) in [6.07, 6.45) is -3.65. The summed E-state index contributed by atoms with van der Waals surface area (Å²) in [7, 11) is 0. The molecule has 0 aliphatic carbocycles. The van der Waals surface area contributed by atoms with Gasteiger partial charge in [-0.25, -0.2) is 4.39 Å². The molecule has 29 heavy (non-hydrogen) atoms. The minimum atomic E-state index is -4.41. The van der Waals surface area contributed by atoms with E-state index in [2.05, 4.69) is 15.1 Å². The number of carbonyl (C=O) groups is 1. The second-order valence-corrected chi connectivity index (χ2v) is 6.99. The molecule has 1 aliphatic heterocycles. The number of hydrogen-bond acceptors (Lipinski definition) is 3. The Bertz CT molecular complexity index is 798. The third-order valence-electron chi connectivity index (χ3n) is 4.98. The molecular weight excluding hydrogens is 386 g/mol. The molecule has 0 unspecified atom stereocenters. The highest BCUT2D eigenvalue weighted by Crippen LogP contribution is 2.29. The van der Waals surface area contributed by atoms with Gasteiger partial charge in [0.15, 0.2) is 0 Å². The van der Waals surface area contributed by atoms with Crippen LogP contribution in [0.1, 0.15) is 22.3 Å². The van der Waals surface area contributed by atoms with Crippen LogP contribution in [-0.2, 0) is 6.18 Å². The maximum Gasteiger partial charge on any atom is 0.416 e. The van der Waals surface area contributed by atoms with Gasteiger partial charge in [0.1, 0.15) is 5.82 Å². The summed E-state index contributed by atoms with van der Waals surface area (Å²) in [6.45, 7) is 4.74. The summed E-state index contributed by atoms with van der Waals surface area (Å²) in [5.41, 5.74) is 0.453. The average Bonchev–Trinajstić information content (AvgIpc) is 2.71. The number of benzene rings is 2. The normalized spacial score (nSPS) is 15.4. The maximum absolute atomic E-state index is 13.0. The molecule has 2 aromatic carbocycles. The minimum Gasteiger partial charge on any atom is -0.369 e. The number of rotatable bonds is 6. The van der Waals surface area contributed by atoms with Crippen molar-refractivity contribution in [3.63, 3.8) is 0 Å². The predicted octanol–water partition coefficient (Wildman–Crippen LogP) is 3.79. The van der Waals surface area contributed by atoms with E-state index in [0.29, 0.717) is 6.54 Å². The number of amides is 1. The van der Waals surface area contributed by atoms with Crippen LogP contribution in [0.3, 0.4) is 0 Å². The first kappa shape index (κ1) is 21.1. The van der Waals surface area contributed by atoms with E-state index < -0.39 is 11.7 Å². The maximum atomic E-state index is 13.0. The highest BCUT2D eigenvalue weighted by Gasteiger charge is 2.30. The monoisotopic (exact) mass is 409 g/mol. The van der Waals surface area contributed by atoms with Crippen LogP contribution in [0.2, 0.25) is 0 Å². The molecule has 0 aromatic heterocycles. The Morgan fingerprint density at radius 2 is 1.55 bits per heavy atom. The Kier molecular flexibility index (Phi) is 6.74. The Hall–Kier alpha value is -2.61. The van der Waals surface area contributed by atoms with E-state index in [0.717, 1.165) is 57.0 Å². The Morgan fingerprint density at radius 3 is 2.14 bits per heavy atom. The quantitative estimate of drug-likeness (QED) is 0.583. The van der Waals surface area contributed by atoms with Gasteiger partial charge >= 0.3 is 6.18 Å². The molecule has 3 rings (SSSR count). The highest BCUT2D eigenvalue weighted by atomic mass is 19.4. The van der Waals surface area contributed by atoms with E-state index in [-0.39, 0.29) is 17.3 Å². The lowest BCUT2D eigenvalue weighted by Gasteiger charge is -2.36. The fourth-order valence-electron chi connectivity index (χ4n) is 3.30. The van der Waals surface area contributed by atoms with Crippen molar-refractivity contribution < 1.29 is 22.4 Å². The van der Waals surface area contributed by atoms with Crippen LogP contribution in [0.25, 0.3) is 0 Å². The summed E-state index contributed by atoms with van der Waals surface area (Å²) in [5, 5.41) is 2.74. The van der Waals surface area contributed by atoms with Gasteiger partial charge in [-0.2, -0.15) is 13.2 Å². The molecule has 1 fully saturated rings. The smallest absolute Gasteiger partial charge is 0.369 e. The van der Waals surface area contributed by atoms with Crippen molar-refractivity contribution in [3.8, 4) is 0 Å². The number of alkyl halides is 3. The molecular formula is C21H23F4N3O. The molecule has 0 saturated carbocycles. The van der Waals surface area contributed by atoms with Crippen molar-refractivity contribution >= 4 is 11.6 Å². The molecule has 4 nitrogen and oxygen atoms in total.